The second-order valence-corrected chi connectivity index (χ2v) is 4.96. The van der Waals surface area contributed by atoms with E-state index >= 15 is 0 Å². The van der Waals surface area contributed by atoms with E-state index in [4.69, 9.17) is 0 Å². The van der Waals surface area contributed by atoms with E-state index in [1.807, 2.05) is 12.4 Å². The standard InChI is InChI=1S/C14H17N/c1-2-13-10-5-6-11(8-10)14(13)12-4-3-7-15-9-12/h2-4,7,9-11,13-14H,1,5-6,8H2/t10-,11+,13+,14+/m0/s1. The highest BCUT2D eigenvalue weighted by Gasteiger charge is 2.46. The quantitative estimate of drug-likeness (QED) is 0.665. The highest BCUT2D eigenvalue weighted by atomic mass is 14.6. The summed E-state index contributed by atoms with van der Waals surface area (Å²) in [5.74, 6) is 3.20. The van der Waals surface area contributed by atoms with Gasteiger partial charge >= 0.3 is 0 Å². The van der Waals surface area contributed by atoms with E-state index in [1.165, 1.54) is 24.8 Å². The number of aromatic nitrogens is 1. The Morgan fingerprint density at radius 3 is 2.93 bits per heavy atom. The van der Waals surface area contributed by atoms with Gasteiger partial charge in [0, 0.05) is 12.4 Å². The van der Waals surface area contributed by atoms with Gasteiger partial charge in [-0.05, 0) is 54.6 Å². The molecule has 2 fully saturated rings. The van der Waals surface area contributed by atoms with Crippen molar-refractivity contribution in [3.05, 3.63) is 42.7 Å². The lowest BCUT2D eigenvalue weighted by Crippen LogP contribution is -2.18. The van der Waals surface area contributed by atoms with Gasteiger partial charge in [0.2, 0.25) is 0 Å². The highest BCUT2D eigenvalue weighted by molar-refractivity contribution is 5.23. The molecule has 1 aromatic heterocycles. The molecule has 78 valence electrons. The van der Waals surface area contributed by atoms with Gasteiger partial charge in [-0.3, -0.25) is 4.98 Å². The predicted octanol–water partition coefficient (Wildman–Crippen LogP) is 3.40. The molecule has 1 heteroatoms. The van der Waals surface area contributed by atoms with E-state index in [0.717, 1.165) is 11.8 Å². The molecular formula is C14H17N. The Hall–Kier alpha value is -1.11. The van der Waals surface area contributed by atoms with Crippen LogP contribution >= 0.6 is 0 Å². The van der Waals surface area contributed by atoms with E-state index in [0.29, 0.717) is 11.8 Å². The van der Waals surface area contributed by atoms with Crippen molar-refractivity contribution in [2.75, 3.05) is 0 Å². The van der Waals surface area contributed by atoms with Gasteiger partial charge in [0.1, 0.15) is 0 Å². The van der Waals surface area contributed by atoms with Gasteiger partial charge in [-0.15, -0.1) is 6.58 Å². The van der Waals surface area contributed by atoms with E-state index in [1.54, 1.807) is 0 Å². The molecule has 0 saturated heterocycles. The minimum Gasteiger partial charge on any atom is -0.264 e. The average Bonchev–Trinajstić information content (AvgIpc) is 2.89. The lowest BCUT2D eigenvalue weighted by Gasteiger charge is -2.28. The first-order valence-corrected chi connectivity index (χ1v) is 5.92. The molecule has 0 spiro atoms. The lowest BCUT2D eigenvalue weighted by molar-refractivity contribution is 0.342. The molecule has 0 aromatic carbocycles. The average molecular weight is 199 g/mol. The summed E-state index contributed by atoms with van der Waals surface area (Å²) >= 11 is 0. The van der Waals surface area contributed by atoms with Crippen LogP contribution in [-0.2, 0) is 0 Å². The normalized spacial score (nSPS) is 38.1. The van der Waals surface area contributed by atoms with Crippen LogP contribution < -0.4 is 0 Å². The number of hydrogen-bond acceptors (Lipinski definition) is 1. The van der Waals surface area contributed by atoms with Crippen molar-refractivity contribution >= 4 is 0 Å². The Labute approximate surface area is 91.2 Å². The summed E-state index contributed by atoms with van der Waals surface area (Å²) in [6.07, 6.45) is 10.3. The molecule has 1 heterocycles. The Bertz CT molecular complexity index is 357. The van der Waals surface area contributed by atoms with E-state index in [2.05, 4.69) is 29.8 Å². The summed E-state index contributed by atoms with van der Waals surface area (Å²) in [5, 5.41) is 0. The maximum atomic E-state index is 4.25. The number of nitrogens with zero attached hydrogens (tertiary/aromatic N) is 1. The number of allylic oxidation sites excluding steroid dienone is 1. The Kier molecular flexibility index (Phi) is 2.12. The summed E-state index contributed by atoms with van der Waals surface area (Å²) in [6, 6.07) is 4.29. The van der Waals surface area contributed by atoms with Crippen LogP contribution in [0.5, 0.6) is 0 Å². The zero-order chi connectivity index (χ0) is 10.3. The maximum Gasteiger partial charge on any atom is 0.0303 e. The van der Waals surface area contributed by atoms with E-state index in [-0.39, 0.29) is 0 Å². The number of pyridine rings is 1. The van der Waals surface area contributed by atoms with E-state index < -0.39 is 0 Å². The molecule has 0 radical (unpaired) electrons. The zero-order valence-electron chi connectivity index (χ0n) is 8.97. The number of rotatable bonds is 2. The molecule has 1 aromatic rings. The van der Waals surface area contributed by atoms with Gasteiger partial charge in [-0.25, -0.2) is 0 Å². The van der Waals surface area contributed by atoms with Crippen molar-refractivity contribution < 1.29 is 0 Å². The van der Waals surface area contributed by atoms with Crippen molar-refractivity contribution in [3.8, 4) is 0 Å². The van der Waals surface area contributed by atoms with Crippen molar-refractivity contribution in [1.82, 2.24) is 4.98 Å². The first-order chi connectivity index (χ1) is 7.40. The largest absolute Gasteiger partial charge is 0.264 e. The first kappa shape index (κ1) is 9.14. The first-order valence-electron chi connectivity index (χ1n) is 5.92. The molecular weight excluding hydrogens is 182 g/mol. The molecule has 3 rings (SSSR count). The molecule has 2 aliphatic carbocycles. The topological polar surface area (TPSA) is 12.9 Å². The summed E-state index contributed by atoms with van der Waals surface area (Å²) in [4.78, 5) is 4.25. The Morgan fingerprint density at radius 1 is 1.33 bits per heavy atom. The van der Waals surface area contributed by atoms with Crippen molar-refractivity contribution in [2.24, 2.45) is 17.8 Å². The molecule has 0 aliphatic heterocycles. The van der Waals surface area contributed by atoms with Crippen LogP contribution in [0.15, 0.2) is 37.2 Å². The predicted molar refractivity (Wildman–Crippen MR) is 61.5 cm³/mol. The maximum absolute atomic E-state index is 4.25. The van der Waals surface area contributed by atoms with Crippen LogP contribution in [0.25, 0.3) is 0 Å². The molecule has 0 amide bonds. The summed E-state index contributed by atoms with van der Waals surface area (Å²) < 4.78 is 0. The lowest BCUT2D eigenvalue weighted by atomic mass is 9.76. The van der Waals surface area contributed by atoms with Crippen molar-refractivity contribution in [3.63, 3.8) is 0 Å². The second-order valence-electron chi connectivity index (χ2n) is 4.96. The molecule has 2 aliphatic rings. The molecule has 4 atom stereocenters. The van der Waals surface area contributed by atoms with Crippen LogP contribution in [0.2, 0.25) is 0 Å². The fourth-order valence-electron chi connectivity index (χ4n) is 3.74. The Balaban J connectivity index is 1.95. The van der Waals surface area contributed by atoms with Crippen molar-refractivity contribution in [2.45, 2.75) is 25.2 Å². The monoisotopic (exact) mass is 199 g/mol. The zero-order valence-corrected chi connectivity index (χ0v) is 8.97. The minimum atomic E-state index is 0.702. The Morgan fingerprint density at radius 2 is 2.20 bits per heavy atom. The summed E-state index contributed by atoms with van der Waals surface area (Å²) in [6.45, 7) is 4.02. The summed E-state index contributed by atoms with van der Waals surface area (Å²) in [5.41, 5.74) is 1.43. The van der Waals surface area contributed by atoms with Crippen LogP contribution in [0.3, 0.4) is 0 Å². The van der Waals surface area contributed by atoms with E-state index in [9.17, 15) is 0 Å². The van der Waals surface area contributed by atoms with Gasteiger partial charge < -0.3 is 0 Å². The number of fused-ring (bicyclic) bond motifs is 2. The molecule has 2 saturated carbocycles. The second kappa shape index (κ2) is 3.48. The van der Waals surface area contributed by atoms with Gasteiger partial charge in [0.05, 0.1) is 0 Å². The minimum absolute atomic E-state index is 0.702. The van der Waals surface area contributed by atoms with Crippen LogP contribution in [0, 0.1) is 17.8 Å². The third-order valence-electron chi connectivity index (χ3n) is 4.32. The number of hydrogen-bond donors (Lipinski definition) is 0. The van der Waals surface area contributed by atoms with Crippen LogP contribution in [-0.4, -0.2) is 4.98 Å². The van der Waals surface area contributed by atoms with Gasteiger partial charge in [0.25, 0.3) is 0 Å². The molecule has 0 unspecified atom stereocenters. The van der Waals surface area contributed by atoms with Gasteiger partial charge in [-0.1, -0.05) is 12.1 Å². The van der Waals surface area contributed by atoms with Gasteiger partial charge in [-0.2, -0.15) is 0 Å². The molecule has 15 heavy (non-hydrogen) atoms. The van der Waals surface area contributed by atoms with Crippen LogP contribution in [0.4, 0.5) is 0 Å². The third kappa shape index (κ3) is 1.33. The molecule has 1 nitrogen and oxygen atoms in total. The molecule has 2 bridgehead atoms. The fourth-order valence-corrected chi connectivity index (χ4v) is 3.74. The smallest absolute Gasteiger partial charge is 0.0303 e. The SMILES string of the molecule is C=C[C@@H]1[C@H]2CC[C@H](C2)[C@@H]1c1cccnc1. The fraction of sp³-hybridized carbons (Fsp3) is 0.500. The van der Waals surface area contributed by atoms with Gasteiger partial charge in [0.15, 0.2) is 0 Å². The third-order valence-corrected chi connectivity index (χ3v) is 4.32. The van der Waals surface area contributed by atoms with Crippen molar-refractivity contribution in [1.29, 1.82) is 0 Å². The highest BCUT2D eigenvalue weighted by Crippen LogP contribution is 2.56. The molecule has 0 N–H and O–H groups in total. The van der Waals surface area contributed by atoms with Crippen LogP contribution in [0.1, 0.15) is 30.7 Å². The summed E-state index contributed by atoms with van der Waals surface area (Å²) in [7, 11) is 0.